The first-order valence-corrected chi connectivity index (χ1v) is 7.50. The van der Waals surface area contributed by atoms with Crippen LogP contribution in [0.4, 0.5) is 5.95 Å². The molecule has 0 atom stereocenters. The van der Waals surface area contributed by atoms with E-state index in [-0.39, 0.29) is 17.0 Å². The van der Waals surface area contributed by atoms with Crippen molar-refractivity contribution in [3.63, 3.8) is 0 Å². The number of benzene rings is 1. The fraction of sp³-hybridized carbons (Fsp3) is 0.143. The molecule has 2 aromatic rings. The Bertz CT molecular complexity index is 733. The van der Waals surface area contributed by atoms with E-state index in [0.717, 1.165) is 22.9 Å². The largest absolute Gasteiger partial charge is 0.378 e. The molecule has 0 saturated carbocycles. The van der Waals surface area contributed by atoms with Gasteiger partial charge in [-0.25, -0.2) is 9.97 Å². The van der Waals surface area contributed by atoms with Gasteiger partial charge in [-0.3, -0.25) is 15.5 Å². The lowest BCUT2D eigenvalue weighted by atomic mass is 10.1. The zero-order chi connectivity index (χ0) is 16.3. The maximum Gasteiger partial charge on any atom is 0.230 e. The highest BCUT2D eigenvalue weighted by Gasteiger charge is 2.16. The summed E-state index contributed by atoms with van der Waals surface area (Å²) in [5.41, 5.74) is 7.76. The Labute approximate surface area is 137 Å². The number of amides is 1. The minimum Gasteiger partial charge on any atom is -0.378 e. The zero-order valence-electron chi connectivity index (χ0n) is 12.0. The van der Waals surface area contributed by atoms with Crippen LogP contribution >= 0.6 is 23.4 Å². The van der Waals surface area contributed by atoms with Crippen molar-refractivity contribution in [2.45, 2.75) is 18.9 Å². The van der Waals surface area contributed by atoms with Gasteiger partial charge in [0.05, 0.1) is 5.69 Å². The van der Waals surface area contributed by atoms with Gasteiger partial charge in [0.1, 0.15) is 5.03 Å². The number of carbonyl (C=O) groups is 1. The molecule has 1 heterocycles. The molecule has 0 aliphatic carbocycles. The van der Waals surface area contributed by atoms with Gasteiger partial charge in [0.2, 0.25) is 11.9 Å². The van der Waals surface area contributed by atoms with E-state index in [1.807, 2.05) is 12.1 Å². The molecule has 0 spiro atoms. The minimum atomic E-state index is -0.266. The summed E-state index contributed by atoms with van der Waals surface area (Å²) < 4.78 is 0. The van der Waals surface area contributed by atoms with Crippen molar-refractivity contribution in [2.24, 2.45) is 5.73 Å². The highest BCUT2D eigenvalue weighted by Crippen LogP contribution is 2.33. The summed E-state index contributed by atoms with van der Waals surface area (Å²) in [6.45, 7) is 3.19. The predicted molar refractivity (Wildman–Crippen MR) is 89.3 cm³/mol. The second kappa shape index (κ2) is 6.76. The third-order valence-corrected chi connectivity index (χ3v) is 3.64. The molecular formula is C14H14ClN5OS. The molecule has 0 aliphatic rings. The van der Waals surface area contributed by atoms with Gasteiger partial charge < -0.3 is 5.73 Å². The summed E-state index contributed by atoms with van der Waals surface area (Å²) in [6, 6.07) is 7.22. The minimum absolute atomic E-state index is 0.0953. The van der Waals surface area contributed by atoms with Crippen molar-refractivity contribution in [3.05, 3.63) is 35.0 Å². The smallest absolute Gasteiger partial charge is 0.230 e. The Morgan fingerprint density at radius 3 is 2.50 bits per heavy atom. The lowest BCUT2D eigenvalue weighted by molar-refractivity contribution is -0.114. The van der Waals surface area contributed by atoms with Gasteiger partial charge in [-0.1, -0.05) is 23.7 Å². The molecule has 0 radical (unpaired) electrons. The third-order valence-electron chi connectivity index (χ3n) is 2.68. The number of aryl methyl sites for hydroxylation is 1. The highest BCUT2D eigenvalue weighted by molar-refractivity contribution is 8.13. The molecule has 0 saturated heterocycles. The number of amidine groups is 1. The van der Waals surface area contributed by atoms with E-state index in [9.17, 15) is 4.79 Å². The van der Waals surface area contributed by atoms with E-state index >= 15 is 0 Å². The average Bonchev–Trinajstić information content (AvgIpc) is 2.38. The lowest BCUT2D eigenvalue weighted by Crippen LogP contribution is -2.12. The van der Waals surface area contributed by atoms with E-state index in [1.54, 1.807) is 19.1 Å². The summed E-state index contributed by atoms with van der Waals surface area (Å²) >= 11 is 6.91. The van der Waals surface area contributed by atoms with Gasteiger partial charge in [0.15, 0.2) is 5.17 Å². The monoisotopic (exact) mass is 335 g/mol. The number of hydrogen-bond acceptors (Lipinski definition) is 5. The van der Waals surface area contributed by atoms with Crippen LogP contribution < -0.4 is 11.1 Å². The highest BCUT2D eigenvalue weighted by atomic mass is 35.5. The molecule has 0 unspecified atom stereocenters. The van der Waals surface area contributed by atoms with Gasteiger partial charge in [0, 0.05) is 17.5 Å². The number of anilines is 1. The third kappa shape index (κ3) is 3.96. The molecule has 1 amide bonds. The van der Waals surface area contributed by atoms with Crippen LogP contribution in [0.2, 0.25) is 5.02 Å². The molecule has 0 aliphatic heterocycles. The van der Waals surface area contributed by atoms with E-state index in [4.69, 9.17) is 22.7 Å². The molecule has 2 rings (SSSR count). The van der Waals surface area contributed by atoms with Crippen molar-refractivity contribution in [1.29, 1.82) is 5.41 Å². The molecule has 6 nitrogen and oxygen atoms in total. The Morgan fingerprint density at radius 1 is 1.32 bits per heavy atom. The number of nitrogens with zero attached hydrogens (tertiary/aromatic N) is 2. The number of aromatic nitrogens is 2. The zero-order valence-corrected chi connectivity index (χ0v) is 13.5. The van der Waals surface area contributed by atoms with Crippen LogP contribution in [-0.4, -0.2) is 21.0 Å². The fourth-order valence-corrected chi connectivity index (χ4v) is 2.72. The van der Waals surface area contributed by atoms with E-state index in [0.29, 0.717) is 15.7 Å². The number of hydrogen-bond donors (Lipinski definition) is 3. The molecule has 0 bridgehead atoms. The molecule has 114 valence electrons. The normalized spacial score (nSPS) is 10.3. The van der Waals surface area contributed by atoms with Gasteiger partial charge in [-0.15, -0.1) is 0 Å². The quantitative estimate of drug-likeness (QED) is 0.346. The second-order valence-corrected chi connectivity index (χ2v) is 5.93. The summed E-state index contributed by atoms with van der Waals surface area (Å²) in [7, 11) is 0. The molecule has 22 heavy (non-hydrogen) atoms. The van der Waals surface area contributed by atoms with Gasteiger partial charge in [-0.2, -0.15) is 0 Å². The van der Waals surface area contributed by atoms with E-state index in [1.165, 1.54) is 6.92 Å². The lowest BCUT2D eigenvalue weighted by Gasteiger charge is -2.13. The fourth-order valence-electron chi connectivity index (χ4n) is 1.89. The molecule has 4 N–H and O–H groups in total. The maximum absolute atomic E-state index is 11.2. The number of thioether (sulfide) groups is 1. The molecule has 1 aromatic carbocycles. The van der Waals surface area contributed by atoms with Crippen LogP contribution in [0.5, 0.6) is 0 Å². The number of carbonyl (C=O) groups excluding carboxylic acids is 1. The number of halogens is 1. The van der Waals surface area contributed by atoms with Crippen molar-refractivity contribution in [3.8, 4) is 11.1 Å². The molecule has 8 heteroatoms. The summed E-state index contributed by atoms with van der Waals surface area (Å²) in [4.78, 5) is 19.7. The van der Waals surface area contributed by atoms with Gasteiger partial charge >= 0.3 is 0 Å². The first kappa shape index (κ1) is 16.3. The van der Waals surface area contributed by atoms with E-state index < -0.39 is 0 Å². The number of nitrogens with two attached hydrogens (primary N) is 1. The van der Waals surface area contributed by atoms with E-state index in [2.05, 4.69) is 15.3 Å². The first-order valence-electron chi connectivity index (χ1n) is 6.31. The van der Waals surface area contributed by atoms with Crippen molar-refractivity contribution >= 4 is 40.4 Å². The maximum atomic E-state index is 11.2. The Kier molecular flexibility index (Phi) is 4.99. The SMILES string of the molecule is CC(=O)Nc1nc(C)c(-c2ccc(Cl)cc2)c(SC(=N)N)n1. The Balaban J connectivity index is 2.57. The molecular weight excluding hydrogens is 322 g/mol. The summed E-state index contributed by atoms with van der Waals surface area (Å²) in [6.07, 6.45) is 0. The predicted octanol–water partition coefficient (Wildman–Crippen LogP) is 3.05. The van der Waals surface area contributed by atoms with Crippen molar-refractivity contribution < 1.29 is 4.79 Å². The van der Waals surface area contributed by atoms with Crippen LogP contribution in [0, 0.1) is 12.3 Å². The van der Waals surface area contributed by atoms with Crippen LogP contribution in [0.25, 0.3) is 11.1 Å². The van der Waals surface area contributed by atoms with Crippen molar-refractivity contribution in [2.75, 3.05) is 5.32 Å². The van der Waals surface area contributed by atoms with Crippen LogP contribution in [0.3, 0.4) is 0 Å². The Morgan fingerprint density at radius 2 is 1.95 bits per heavy atom. The molecule has 0 fully saturated rings. The topological polar surface area (TPSA) is 105 Å². The average molecular weight is 336 g/mol. The van der Waals surface area contributed by atoms with Crippen LogP contribution in [-0.2, 0) is 4.79 Å². The summed E-state index contributed by atoms with van der Waals surface area (Å²) in [5.74, 6) is -0.0797. The molecule has 1 aromatic heterocycles. The van der Waals surface area contributed by atoms with Crippen LogP contribution in [0.15, 0.2) is 29.3 Å². The van der Waals surface area contributed by atoms with Crippen molar-refractivity contribution in [1.82, 2.24) is 9.97 Å². The first-order chi connectivity index (χ1) is 10.4. The Hall–Kier alpha value is -2.12. The number of nitrogens with one attached hydrogen (secondary N) is 2. The number of rotatable bonds is 3. The van der Waals surface area contributed by atoms with Gasteiger partial charge in [-0.05, 0) is 36.4 Å². The second-order valence-electron chi connectivity index (χ2n) is 4.47. The van der Waals surface area contributed by atoms with Gasteiger partial charge in [0.25, 0.3) is 0 Å². The standard InChI is InChI=1S/C14H14ClN5OS/c1-7-11(9-3-5-10(15)6-4-9)12(22-13(16)17)20-14(18-7)19-8(2)21/h3-6H,1-2H3,(H3,16,17)(H,18,19,20,21). The summed E-state index contributed by atoms with van der Waals surface area (Å²) in [5, 5.41) is 11.1. The van der Waals surface area contributed by atoms with Crippen LogP contribution in [0.1, 0.15) is 12.6 Å².